The maximum absolute atomic E-state index is 12.5. The van der Waals surface area contributed by atoms with Crippen molar-refractivity contribution in [3.63, 3.8) is 0 Å². The number of non-ortho nitro benzene ring substituents is 1. The number of nitrogens with zero attached hydrogens (tertiary/aromatic N) is 2. The number of benzene rings is 2. The van der Waals surface area contributed by atoms with Gasteiger partial charge in [-0.2, -0.15) is 0 Å². The third kappa shape index (κ3) is 4.00. The lowest BCUT2D eigenvalue weighted by molar-refractivity contribution is -0.384. The van der Waals surface area contributed by atoms with Crippen LogP contribution in [0.4, 0.5) is 11.4 Å². The van der Waals surface area contributed by atoms with Crippen molar-refractivity contribution in [3.05, 3.63) is 58.1 Å². The number of hydrogen-bond donors (Lipinski definition) is 1. The number of hydrogen-bond acceptors (Lipinski definition) is 6. The number of sulfonamides is 2. The van der Waals surface area contributed by atoms with E-state index >= 15 is 0 Å². The summed E-state index contributed by atoms with van der Waals surface area (Å²) in [6, 6.07) is 8.47. The first-order valence-corrected chi connectivity index (χ1v) is 10.2. The van der Waals surface area contributed by atoms with E-state index in [2.05, 4.69) is 4.72 Å². The van der Waals surface area contributed by atoms with Crippen LogP contribution in [0, 0.1) is 17.0 Å². The molecule has 0 saturated heterocycles. The third-order valence-electron chi connectivity index (χ3n) is 3.59. The van der Waals surface area contributed by atoms with E-state index in [1.54, 1.807) is 6.92 Å². The number of rotatable bonds is 6. The molecular weight excluding hydrogens is 382 g/mol. The molecule has 0 saturated carbocycles. The first kappa shape index (κ1) is 19.8. The number of nitrogens with one attached hydrogen (secondary N) is 1. The standard InChI is InChI=1S/C15H17N3O6S2/c1-11-4-7-14(26(23,24)17(2)3)10-15(11)16-25(21,22)13-8-5-12(6-9-13)18(19)20/h4-10,16H,1-3H3. The summed E-state index contributed by atoms with van der Waals surface area (Å²) in [5.74, 6) is 0. The molecule has 2 rings (SSSR count). The van der Waals surface area contributed by atoms with Gasteiger partial charge in [0.15, 0.2) is 0 Å². The highest BCUT2D eigenvalue weighted by Crippen LogP contribution is 2.25. The van der Waals surface area contributed by atoms with Gasteiger partial charge >= 0.3 is 0 Å². The normalized spacial score (nSPS) is 12.2. The van der Waals surface area contributed by atoms with E-state index in [1.165, 1.54) is 32.3 Å². The Bertz CT molecular complexity index is 1050. The summed E-state index contributed by atoms with van der Waals surface area (Å²) in [5.41, 5.74) is 0.388. The number of nitro groups is 1. The molecule has 0 atom stereocenters. The van der Waals surface area contributed by atoms with Crippen LogP contribution in [0.2, 0.25) is 0 Å². The minimum Gasteiger partial charge on any atom is -0.279 e. The van der Waals surface area contributed by atoms with Crippen molar-refractivity contribution in [2.45, 2.75) is 16.7 Å². The average Bonchev–Trinajstić information content (AvgIpc) is 2.56. The van der Waals surface area contributed by atoms with E-state index < -0.39 is 25.0 Å². The van der Waals surface area contributed by atoms with E-state index in [9.17, 15) is 26.9 Å². The van der Waals surface area contributed by atoms with Crippen LogP contribution in [0.5, 0.6) is 0 Å². The predicted molar refractivity (Wildman–Crippen MR) is 96.0 cm³/mol. The Labute approximate surface area is 151 Å². The van der Waals surface area contributed by atoms with Crippen LogP contribution in [-0.2, 0) is 20.0 Å². The minimum atomic E-state index is -4.04. The molecule has 0 aliphatic rings. The molecule has 0 bridgehead atoms. The van der Waals surface area contributed by atoms with Crippen molar-refractivity contribution in [2.24, 2.45) is 0 Å². The van der Waals surface area contributed by atoms with Crippen molar-refractivity contribution in [2.75, 3.05) is 18.8 Å². The Hall–Kier alpha value is -2.50. The highest BCUT2D eigenvalue weighted by molar-refractivity contribution is 7.92. The minimum absolute atomic E-state index is 0.0606. The summed E-state index contributed by atoms with van der Waals surface area (Å²) >= 11 is 0. The van der Waals surface area contributed by atoms with E-state index in [1.807, 2.05) is 0 Å². The van der Waals surface area contributed by atoms with Crippen LogP contribution in [0.3, 0.4) is 0 Å². The van der Waals surface area contributed by atoms with Gasteiger partial charge in [-0.25, -0.2) is 21.1 Å². The lowest BCUT2D eigenvalue weighted by atomic mass is 10.2. The highest BCUT2D eigenvalue weighted by atomic mass is 32.2. The number of aryl methyl sites for hydroxylation is 1. The van der Waals surface area contributed by atoms with Gasteiger partial charge in [-0.1, -0.05) is 6.07 Å². The quantitative estimate of drug-likeness (QED) is 0.584. The van der Waals surface area contributed by atoms with Crippen molar-refractivity contribution in [3.8, 4) is 0 Å². The molecule has 0 fully saturated rings. The Morgan fingerprint density at radius 1 is 0.962 bits per heavy atom. The summed E-state index contributed by atoms with van der Waals surface area (Å²) in [5, 5.41) is 10.7. The first-order valence-electron chi connectivity index (χ1n) is 7.25. The lowest BCUT2D eigenvalue weighted by Gasteiger charge is -2.15. The van der Waals surface area contributed by atoms with Gasteiger partial charge in [-0.05, 0) is 36.8 Å². The molecule has 9 nitrogen and oxygen atoms in total. The summed E-state index contributed by atoms with van der Waals surface area (Å²) in [4.78, 5) is 9.79. The molecular formula is C15H17N3O6S2. The van der Waals surface area contributed by atoms with Gasteiger partial charge in [0.05, 0.1) is 20.4 Å². The number of anilines is 1. The molecule has 1 N–H and O–H groups in total. The molecule has 0 unspecified atom stereocenters. The molecule has 0 amide bonds. The maximum Gasteiger partial charge on any atom is 0.269 e. The second-order valence-electron chi connectivity index (χ2n) is 5.62. The smallest absolute Gasteiger partial charge is 0.269 e. The fourth-order valence-electron chi connectivity index (χ4n) is 2.03. The average molecular weight is 399 g/mol. The molecule has 0 heterocycles. The highest BCUT2D eigenvalue weighted by Gasteiger charge is 2.21. The molecule has 2 aromatic carbocycles. The molecule has 11 heteroatoms. The molecule has 0 spiro atoms. The van der Waals surface area contributed by atoms with Crippen molar-refractivity contribution in [1.29, 1.82) is 0 Å². The maximum atomic E-state index is 12.5. The summed E-state index contributed by atoms with van der Waals surface area (Å²) in [7, 11) is -5.03. The summed E-state index contributed by atoms with van der Waals surface area (Å²) in [6.45, 7) is 1.62. The first-order chi connectivity index (χ1) is 11.9. The monoisotopic (exact) mass is 399 g/mol. The Kier molecular flexibility index (Phi) is 5.35. The van der Waals surface area contributed by atoms with Crippen LogP contribution in [0.15, 0.2) is 52.3 Å². The van der Waals surface area contributed by atoms with E-state index in [0.717, 1.165) is 28.6 Å². The van der Waals surface area contributed by atoms with E-state index in [0.29, 0.717) is 5.56 Å². The Balaban J connectivity index is 2.42. The second kappa shape index (κ2) is 7.02. The largest absolute Gasteiger partial charge is 0.279 e. The van der Waals surface area contributed by atoms with Gasteiger partial charge in [-0.3, -0.25) is 14.8 Å². The van der Waals surface area contributed by atoms with E-state index in [4.69, 9.17) is 0 Å². The van der Waals surface area contributed by atoms with Crippen LogP contribution >= 0.6 is 0 Å². The van der Waals surface area contributed by atoms with Gasteiger partial charge in [0.2, 0.25) is 10.0 Å². The van der Waals surface area contributed by atoms with Crippen molar-refractivity contribution < 1.29 is 21.8 Å². The van der Waals surface area contributed by atoms with Gasteiger partial charge in [0.25, 0.3) is 15.7 Å². The van der Waals surface area contributed by atoms with Gasteiger partial charge in [-0.15, -0.1) is 0 Å². The fraction of sp³-hybridized carbons (Fsp3) is 0.200. The molecule has 0 aromatic heterocycles. The molecule has 0 aliphatic carbocycles. The Morgan fingerprint density at radius 2 is 1.50 bits per heavy atom. The molecule has 0 aliphatic heterocycles. The van der Waals surface area contributed by atoms with Crippen molar-refractivity contribution in [1.82, 2.24) is 4.31 Å². The molecule has 0 radical (unpaired) electrons. The summed E-state index contributed by atoms with van der Waals surface area (Å²) < 4.78 is 52.8. The van der Waals surface area contributed by atoms with Crippen LogP contribution in [-0.4, -0.2) is 40.2 Å². The topological polar surface area (TPSA) is 127 Å². The zero-order valence-corrected chi connectivity index (χ0v) is 15.8. The Morgan fingerprint density at radius 3 is 2.00 bits per heavy atom. The third-order valence-corrected chi connectivity index (χ3v) is 6.78. The van der Waals surface area contributed by atoms with Crippen LogP contribution in [0.25, 0.3) is 0 Å². The molecule has 140 valence electrons. The lowest BCUT2D eigenvalue weighted by Crippen LogP contribution is -2.22. The number of nitro benzene ring substituents is 1. The predicted octanol–water partition coefficient (Wildman–Crippen LogP) is 1.95. The molecule has 26 heavy (non-hydrogen) atoms. The van der Waals surface area contributed by atoms with Gasteiger partial charge in [0.1, 0.15) is 0 Å². The van der Waals surface area contributed by atoms with E-state index in [-0.39, 0.29) is 21.2 Å². The zero-order valence-electron chi connectivity index (χ0n) is 14.2. The summed E-state index contributed by atoms with van der Waals surface area (Å²) in [6.07, 6.45) is 0. The SMILES string of the molecule is Cc1ccc(S(=O)(=O)N(C)C)cc1NS(=O)(=O)c1ccc([N+](=O)[O-])cc1. The van der Waals surface area contributed by atoms with Crippen LogP contribution < -0.4 is 4.72 Å². The molecule has 2 aromatic rings. The van der Waals surface area contributed by atoms with Gasteiger partial charge in [0, 0.05) is 26.2 Å². The van der Waals surface area contributed by atoms with Crippen molar-refractivity contribution >= 4 is 31.4 Å². The second-order valence-corrected chi connectivity index (χ2v) is 9.45. The fourth-order valence-corrected chi connectivity index (χ4v) is 4.08. The zero-order chi connectivity index (χ0) is 19.7. The van der Waals surface area contributed by atoms with Crippen LogP contribution in [0.1, 0.15) is 5.56 Å². The van der Waals surface area contributed by atoms with Gasteiger partial charge < -0.3 is 0 Å².